The molecule has 10 heteroatoms. The van der Waals surface area contributed by atoms with E-state index in [4.69, 9.17) is 4.18 Å². The van der Waals surface area contributed by atoms with Gasteiger partial charge in [0.15, 0.2) is 6.67 Å². The van der Waals surface area contributed by atoms with Crippen molar-refractivity contribution in [1.82, 2.24) is 10.2 Å². The van der Waals surface area contributed by atoms with Crippen molar-refractivity contribution >= 4 is 22.2 Å². The summed E-state index contributed by atoms with van der Waals surface area (Å²) in [6.45, 7) is 9.90. The van der Waals surface area contributed by atoms with Crippen LogP contribution in [0.1, 0.15) is 245 Å². The molecule has 9 nitrogen and oxygen atoms in total. The molecule has 1 aliphatic heterocycles. The van der Waals surface area contributed by atoms with Gasteiger partial charge in [-0.2, -0.15) is 8.42 Å². The Kier molecular flexibility index (Phi) is 34.5. The van der Waals surface area contributed by atoms with Gasteiger partial charge in [-0.15, -0.1) is 0 Å². The maximum atomic E-state index is 12.8. The first-order chi connectivity index (χ1) is 27.7. The molecule has 0 spiro atoms. The van der Waals surface area contributed by atoms with Gasteiger partial charge in [0.2, 0.25) is 11.8 Å². The van der Waals surface area contributed by atoms with Crippen molar-refractivity contribution in [3.63, 3.8) is 0 Å². The van der Waals surface area contributed by atoms with E-state index in [-0.39, 0.29) is 24.5 Å². The van der Waals surface area contributed by atoms with Crippen LogP contribution in [0.25, 0.3) is 0 Å². The number of hydrogen-bond acceptors (Lipinski definition) is 5. The van der Waals surface area contributed by atoms with Crippen LogP contribution in [-0.2, 0) is 24.2 Å². The van der Waals surface area contributed by atoms with E-state index in [1.54, 1.807) is 0 Å². The number of likely N-dealkylation sites (N-methyl/N-ethyl adjacent to an activating group) is 1. The number of nitrogens with one attached hydrogen (secondary N) is 1. The highest BCUT2D eigenvalue weighted by molar-refractivity contribution is 7.80. The highest BCUT2D eigenvalue weighted by Crippen LogP contribution is 2.26. The third kappa shape index (κ3) is 30.5. The number of quaternary nitrogens is 1. The minimum atomic E-state index is -4.58. The Labute approximate surface area is 353 Å². The Morgan fingerprint density at radius 3 is 1.51 bits per heavy atom. The van der Waals surface area contributed by atoms with E-state index in [2.05, 4.69) is 26.1 Å². The number of carbonyl (C=O) groups is 2. The second-order valence-corrected chi connectivity index (χ2v) is 18.8. The molecule has 2 unspecified atom stereocenters. The molecular formula is C47H94N3O6S+. The Bertz CT molecular complexity index is 1060. The van der Waals surface area contributed by atoms with Crippen LogP contribution in [0.5, 0.6) is 0 Å². The first-order valence-electron chi connectivity index (χ1n) is 24.7. The average molecular weight is 829 g/mol. The van der Waals surface area contributed by atoms with Crippen LogP contribution in [-0.4, -0.2) is 79.7 Å². The molecule has 0 aromatic rings. The van der Waals surface area contributed by atoms with Gasteiger partial charge in [-0.05, 0) is 39.0 Å². The molecule has 1 heterocycles. The number of hydrogen-bond donors (Lipinski definition) is 2. The molecule has 0 saturated carbocycles. The van der Waals surface area contributed by atoms with Gasteiger partial charge in [-0.25, -0.2) is 4.18 Å². The molecule has 0 aromatic heterocycles. The van der Waals surface area contributed by atoms with Crippen LogP contribution >= 0.6 is 0 Å². The largest absolute Gasteiger partial charge is 0.397 e. The summed E-state index contributed by atoms with van der Waals surface area (Å²) in [5.41, 5.74) is 0. The second kappa shape index (κ2) is 36.6. The second-order valence-electron chi connectivity index (χ2n) is 17.7. The van der Waals surface area contributed by atoms with E-state index in [0.717, 1.165) is 77.4 Å². The zero-order valence-corrected chi connectivity index (χ0v) is 38.7. The number of unbranched alkanes of at least 4 members (excludes halogenated alkanes) is 28. The van der Waals surface area contributed by atoms with Crippen LogP contribution in [0.3, 0.4) is 0 Å². The maximum Gasteiger partial charge on any atom is 0.397 e. The SMILES string of the molecule is CCCCCCCCCCCCCCCCCCCCCC(=O)NCCCC[N+](CC)(CN1CCCC1=O)C(CCCCCCCCCCCC)COS(=O)(=O)O. The molecule has 1 rings (SSSR count). The van der Waals surface area contributed by atoms with Crippen molar-refractivity contribution in [3.05, 3.63) is 0 Å². The van der Waals surface area contributed by atoms with Gasteiger partial charge in [-0.1, -0.05) is 187 Å². The fourth-order valence-electron chi connectivity index (χ4n) is 8.86. The number of carbonyl (C=O) groups excluding carboxylic acids is 2. The molecule has 1 saturated heterocycles. The maximum absolute atomic E-state index is 12.8. The molecule has 57 heavy (non-hydrogen) atoms. The molecule has 2 amide bonds. The summed E-state index contributed by atoms with van der Waals surface area (Å²) in [7, 11) is -4.58. The zero-order valence-electron chi connectivity index (χ0n) is 37.9. The van der Waals surface area contributed by atoms with Crippen LogP contribution in [0.15, 0.2) is 0 Å². The van der Waals surface area contributed by atoms with Gasteiger partial charge in [0, 0.05) is 32.4 Å². The molecular weight excluding hydrogens is 735 g/mol. The molecule has 1 aliphatic rings. The summed E-state index contributed by atoms with van der Waals surface area (Å²) in [6.07, 6.45) is 42.1. The van der Waals surface area contributed by atoms with Crippen molar-refractivity contribution in [2.24, 2.45) is 0 Å². The van der Waals surface area contributed by atoms with Crippen molar-refractivity contribution in [3.8, 4) is 0 Å². The number of amides is 2. The highest BCUT2D eigenvalue weighted by atomic mass is 32.3. The van der Waals surface area contributed by atoms with Crippen molar-refractivity contribution in [2.75, 3.05) is 39.5 Å². The lowest BCUT2D eigenvalue weighted by atomic mass is 10.0. The Balaban J connectivity index is 2.34. The number of likely N-dealkylation sites (tertiary alicyclic amines) is 1. The van der Waals surface area contributed by atoms with Crippen LogP contribution in [0, 0.1) is 0 Å². The topological polar surface area (TPSA) is 113 Å². The lowest BCUT2D eigenvalue weighted by molar-refractivity contribution is -0.957. The van der Waals surface area contributed by atoms with Crippen molar-refractivity contribution in [2.45, 2.75) is 252 Å². The van der Waals surface area contributed by atoms with E-state index in [0.29, 0.717) is 30.5 Å². The van der Waals surface area contributed by atoms with E-state index in [9.17, 15) is 22.6 Å². The van der Waals surface area contributed by atoms with E-state index in [1.165, 1.54) is 154 Å². The van der Waals surface area contributed by atoms with Gasteiger partial charge >= 0.3 is 10.4 Å². The summed E-state index contributed by atoms with van der Waals surface area (Å²) in [6, 6.07) is -0.164. The van der Waals surface area contributed by atoms with Gasteiger partial charge in [0.1, 0.15) is 12.6 Å². The zero-order chi connectivity index (χ0) is 41.7. The smallest absolute Gasteiger partial charge is 0.356 e. The molecule has 0 aliphatic carbocycles. The number of rotatable bonds is 43. The molecule has 1 fully saturated rings. The van der Waals surface area contributed by atoms with Crippen molar-refractivity contribution in [1.29, 1.82) is 0 Å². The van der Waals surface area contributed by atoms with E-state index < -0.39 is 10.4 Å². The first kappa shape index (κ1) is 53.8. The monoisotopic (exact) mass is 829 g/mol. The minimum absolute atomic E-state index is 0.0949. The Morgan fingerprint density at radius 1 is 0.667 bits per heavy atom. The van der Waals surface area contributed by atoms with E-state index >= 15 is 0 Å². The summed E-state index contributed by atoms with van der Waals surface area (Å²) in [5.74, 6) is 0.280. The minimum Gasteiger partial charge on any atom is -0.356 e. The highest BCUT2D eigenvalue weighted by Gasteiger charge is 2.39. The predicted octanol–water partition coefficient (Wildman–Crippen LogP) is 12.6. The van der Waals surface area contributed by atoms with Gasteiger partial charge in [0.05, 0.1) is 13.1 Å². The normalized spacial score (nSPS) is 15.0. The molecule has 338 valence electrons. The molecule has 0 radical (unpaired) electrons. The predicted molar refractivity (Wildman–Crippen MR) is 239 cm³/mol. The van der Waals surface area contributed by atoms with Gasteiger partial charge in [-0.3, -0.25) is 19.0 Å². The Morgan fingerprint density at radius 2 is 1.11 bits per heavy atom. The van der Waals surface area contributed by atoms with Crippen LogP contribution < -0.4 is 5.32 Å². The van der Waals surface area contributed by atoms with Crippen LogP contribution in [0.4, 0.5) is 0 Å². The lowest BCUT2D eigenvalue weighted by Gasteiger charge is -2.46. The van der Waals surface area contributed by atoms with E-state index in [1.807, 2.05) is 4.90 Å². The molecule has 2 atom stereocenters. The average Bonchev–Trinajstić information content (AvgIpc) is 3.59. The summed E-state index contributed by atoms with van der Waals surface area (Å²) in [4.78, 5) is 27.3. The number of nitrogens with zero attached hydrogens (tertiary/aromatic N) is 2. The summed E-state index contributed by atoms with van der Waals surface area (Å²) < 4.78 is 38.6. The fourth-order valence-corrected chi connectivity index (χ4v) is 9.19. The molecule has 0 bridgehead atoms. The first-order valence-corrected chi connectivity index (χ1v) is 26.1. The van der Waals surface area contributed by atoms with Gasteiger partial charge < -0.3 is 9.80 Å². The van der Waals surface area contributed by atoms with Crippen molar-refractivity contribution < 1.29 is 31.2 Å². The third-order valence-corrected chi connectivity index (χ3v) is 13.1. The van der Waals surface area contributed by atoms with Gasteiger partial charge in [0.25, 0.3) is 0 Å². The fraction of sp³-hybridized carbons (Fsp3) is 0.957. The summed E-state index contributed by atoms with van der Waals surface area (Å²) >= 11 is 0. The lowest BCUT2D eigenvalue weighted by Crippen LogP contribution is -2.62. The van der Waals surface area contributed by atoms with Crippen LogP contribution in [0.2, 0.25) is 0 Å². The Hall–Kier alpha value is -1.23. The molecule has 0 aromatic carbocycles. The third-order valence-electron chi connectivity index (χ3n) is 12.7. The standard InChI is InChI=1S/C47H93N3O6S/c1-4-7-9-11-13-15-17-18-19-20-21-22-23-24-25-27-29-31-33-38-46(51)48-40-34-35-42-50(6-3,44-49-41-36-39-47(49)52)45(43-56-57(53,54)55)37-32-30-28-26-16-14-12-10-8-5-2/h45H,4-44H2,1-3H3,(H-,48,51,53,54,55)/p+1. The quantitative estimate of drug-likeness (QED) is 0.0359. The molecule has 2 N–H and O–H groups in total. The summed E-state index contributed by atoms with van der Waals surface area (Å²) in [5, 5.41) is 3.13.